The van der Waals surface area contributed by atoms with Crippen LogP contribution in [0.2, 0.25) is 5.02 Å². The van der Waals surface area contributed by atoms with Gasteiger partial charge in [0, 0.05) is 30.7 Å². The molecular formula is C21H28Cl2N4O2. The molecule has 3 heterocycles. The molecule has 1 aromatic heterocycles. The standard InChI is InChI=1S/C21H27ClN4O2.ClH/c22-16-3-6-19-15(11-16)12-23-13-20-24-25-21(26(19)20)14-1-4-17(5-2-14)28-18-7-9-27-10-8-18;/h3,6,11,14,17-18,23H,1-2,4-5,7-10,12-13H2;1H/t14-,17+;. The van der Waals surface area contributed by atoms with Crippen molar-refractivity contribution in [3.05, 3.63) is 40.4 Å². The lowest BCUT2D eigenvalue weighted by atomic mass is 9.86. The lowest BCUT2D eigenvalue weighted by Crippen LogP contribution is -2.31. The van der Waals surface area contributed by atoms with Gasteiger partial charge < -0.3 is 14.8 Å². The summed E-state index contributed by atoms with van der Waals surface area (Å²) in [7, 11) is 0. The van der Waals surface area contributed by atoms with E-state index in [2.05, 4.69) is 26.1 Å². The normalized spacial score (nSPS) is 24.9. The van der Waals surface area contributed by atoms with Gasteiger partial charge in [-0.1, -0.05) is 11.6 Å². The van der Waals surface area contributed by atoms with Crippen LogP contribution in [0, 0.1) is 0 Å². The second-order valence-electron chi connectivity index (χ2n) is 8.11. The highest BCUT2D eigenvalue weighted by molar-refractivity contribution is 6.30. The van der Waals surface area contributed by atoms with Crippen molar-refractivity contribution in [2.24, 2.45) is 0 Å². The fourth-order valence-electron chi connectivity index (χ4n) is 4.74. The quantitative estimate of drug-likeness (QED) is 0.778. The predicted octanol–water partition coefficient (Wildman–Crippen LogP) is 4.17. The molecule has 29 heavy (non-hydrogen) atoms. The highest BCUT2D eigenvalue weighted by Gasteiger charge is 2.30. The first-order valence-electron chi connectivity index (χ1n) is 10.4. The Morgan fingerprint density at radius 2 is 1.76 bits per heavy atom. The lowest BCUT2D eigenvalue weighted by molar-refractivity contribution is -0.0796. The van der Waals surface area contributed by atoms with E-state index in [0.717, 1.165) is 87.2 Å². The molecule has 2 fully saturated rings. The summed E-state index contributed by atoms with van der Waals surface area (Å²) < 4.78 is 14.1. The predicted molar refractivity (Wildman–Crippen MR) is 114 cm³/mol. The van der Waals surface area contributed by atoms with Crippen LogP contribution >= 0.6 is 24.0 Å². The fraction of sp³-hybridized carbons (Fsp3) is 0.619. The molecule has 0 spiro atoms. The zero-order valence-electron chi connectivity index (χ0n) is 16.5. The number of hydrogen-bond acceptors (Lipinski definition) is 5. The van der Waals surface area contributed by atoms with E-state index in [1.54, 1.807) is 0 Å². The van der Waals surface area contributed by atoms with E-state index in [-0.39, 0.29) is 12.4 Å². The average molecular weight is 439 g/mol. The van der Waals surface area contributed by atoms with Gasteiger partial charge in [-0.2, -0.15) is 0 Å². The Morgan fingerprint density at radius 1 is 1.00 bits per heavy atom. The van der Waals surface area contributed by atoms with Crippen molar-refractivity contribution in [2.45, 2.75) is 69.7 Å². The summed E-state index contributed by atoms with van der Waals surface area (Å²) in [6, 6.07) is 6.10. The van der Waals surface area contributed by atoms with Crippen LogP contribution in [-0.2, 0) is 22.6 Å². The third kappa shape index (κ3) is 4.47. The van der Waals surface area contributed by atoms with E-state index < -0.39 is 0 Å². The number of ether oxygens (including phenoxy) is 2. The Labute approximate surface area is 182 Å². The van der Waals surface area contributed by atoms with Crippen LogP contribution < -0.4 is 5.32 Å². The van der Waals surface area contributed by atoms with Crippen molar-refractivity contribution >= 4 is 24.0 Å². The maximum atomic E-state index is 6.35. The molecule has 8 heteroatoms. The Kier molecular flexibility index (Phi) is 6.76. The van der Waals surface area contributed by atoms with Gasteiger partial charge in [0.05, 0.1) is 24.4 Å². The van der Waals surface area contributed by atoms with Crippen LogP contribution in [0.25, 0.3) is 5.69 Å². The van der Waals surface area contributed by atoms with Gasteiger partial charge in [-0.3, -0.25) is 4.57 Å². The SMILES string of the molecule is Cl.Clc1ccc2c(c1)CNCc1nnc([C@H]3CC[C@@H](OC4CCOCC4)CC3)n1-2. The first kappa shape index (κ1) is 21.1. The smallest absolute Gasteiger partial charge is 0.151 e. The number of rotatable bonds is 3. The molecule has 2 aliphatic heterocycles. The van der Waals surface area contributed by atoms with E-state index in [4.69, 9.17) is 21.1 Å². The van der Waals surface area contributed by atoms with Gasteiger partial charge in [0.15, 0.2) is 5.82 Å². The molecule has 1 aromatic carbocycles. The molecule has 158 valence electrons. The highest BCUT2D eigenvalue weighted by Crippen LogP contribution is 2.36. The van der Waals surface area contributed by atoms with Gasteiger partial charge >= 0.3 is 0 Å². The first-order chi connectivity index (χ1) is 13.8. The van der Waals surface area contributed by atoms with Crippen molar-refractivity contribution in [1.29, 1.82) is 0 Å². The Balaban J connectivity index is 0.00000205. The minimum Gasteiger partial charge on any atom is -0.381 e. The number of nitrogens with one attached hydrogen (secondary N) is 1. The summed E-state index contributed by atoms with van der Waals surface area (Å²) >= 11 is 6.23. The van der Waals surface area contributed by atoms with Gasteiger partial charge in [0.25, 0.3) is 0 Å². The summed E-state index contributed by atoms with van der Waals surface area (Å²) in [5.41, 5.74) is 2.36. The number of benzene rings is 1. The summed E-state index contributed by atoms with van der Waals surface area (Å²) in [5, 5.41) is 13.3. The second-order valence-corrected chi connectivity index (χ2v) is 8.54. The largest absolute Gasteiger partial charge is 0.381 e. The van der Waals surface area contributed by atoms with Crippen molar-refractivity contribution in [3.63, 3.8) is 0 Å². The molecular weight excluding hydrogens is 411 g/mol. The van der Waals surface area contributed by atoms with Crippen LogP contribution in [0.3, 0.4) is 0 Å². The van der Waals surface area contributed by atoms with Crippen molar-refractivity contribution < 1.29 is 9.47 Å². The molecule has 0 bridgehead atoms. The summed E-state index contributed by atoms with van der Waals surface area (Å²) in [5.74, 6) is 2.50. The van der Waals surface area contributed by atoms with Gasteiger partial charge in [-0.25, -0.2) is 0 Å². The third-order valence-electron chi connectivity index (χ3n) is 6.23. The minimum atomic E-state index is 0. The Morgan fingerprint density at radius 3 is 2.55 bits per heavy atom. The van der Waals surface area contributed by atoms with Crippen LogP contribution in [0.5, 0.6) is 0 Å². The van der Waals surface area contributed by atoms with Crippen molar-refractivity contribution in [2.75, 3.05) is 13.2 Å². The Hall–Kier alpha value is -1.18. The number of nitrogens with zero attached hydrogens (tertiary/aromatic N) is 3. The topological polar surface area (TPSA) is 61.2 Å². The monoisotopic (exact) mass is 438 g/mol. The number of hydrogen-bond donors (Lipinski definition) is 1. The summed E-state index contributed by atoms with van der Waals surface area (Å²) in [6.07, 6.45) is 7.20. The van der Waals surface area contributed by atoms with Crippen LogP contribution in [0.15, 0.2) is 18.2 Å². The van der Waals surface area contributed by atoms with Crippen molar-refractivity contribution in [1.82, 2.24) is 20.1 Å². The molecule has 1 N–H and O–H groups in total. The fourth-order valence-corrected chi connectivity index (χ4v) is 4.93. The summed E-state index contributed by atoms with van der Waals surface area (Å²) in [6.45, 7) is 3.19. The molecule has 3 aliphatic rings. The first-order valence-corrected chi connectivity index (χ1v) is 10.8. The zero-order valence-corrected chi connectivity index (χ0v) is 18.1. The number of fused-ring (bicyclic) bond motifs is 3. The zero-order chi connectivity index (χ0) is 18.9. The van der Waals surface area contributed by atoms with E-state index in [1.165, 1.54) is 5.56 Å². The van der Waals surface area contributed by atoms with Crippen molar-refractivity contribution in [3.8, 4) is 5.69 Å². The second kappa shape index (κ2) is 9.31. The van der Waals surface area contributed by atoms with Crippen LogP contribution in [-0.4, -0.2) is 40.2 Å². The molecule has 1 saturated heterocycles. The molecule has 2 aromatic rings. The van der Waals surface area contributed by atoms with E-state index in [0.29, 0.717) is 18.1 Å². The molecule has 1 saturated carbocycles. The van der Waals surface area contributed by atoms with E-state index >= 15 is 0 Å². The highest BCUT2D eigenvalue weighted by atomic mass is 35.5. The number of aromatic nitrogens is 3. The average Bonchev–Trinajstić information content (AvgIpc) is 3.05. The molecule has 5 rings (SSSR count). The van der Waals surface area contributed by atoms with Gasteiger partial charge in [0.1, 0.15) is 5.82 Å². The van der Waals surface area contributed by atoms with Crippen LogP contribution in [0.1, 0.15) is 61.7 Å². The van der Waals surface area contributed by atoms with E-state index in [1.807, 2.05) is 12.1 Å². The third-order valence-corrected chi connectivity index (χ3v) is 6.46. The molecule has 6 nitrogen and oxygen atoms in total. The molecule has 0 amide bonds. The number of halogens is 2. The molecule has 0 unspecified atom stereocenters. The maximum absolute atomic E-state index is 6.35. The van der Waals surface area contributed by atoms with Gasteiger partial charge in [-0.05, 0) is 62.3 Å². The molecule has 0 atom stereocenters. The minimum absolute atomic E-state index is 0. The van der Waals surface area contributed by atoms with Crippen LogP contribution in [0.4, 0.5) is 0 Å². The Bertz CT molecular complexity index is 830. The molecule has 0 radical (unpaired) electrons. The lowest BCUT2D eigenvalue weighted by Gasteiger charge is -2.32. The van der Waals surface area contributed by atoms with E-state index in [9.17, 15) is 0 Å². The maximum Gasteiger partial charge on any atom is 0.151 e. The molecule has 1 aliphatic carbocycles. The summed E-state index contributed by atoms with van der Waals surface area (Å²) in [4.78, 5) is 0. The van der Waals surface area contributed by atoms with Gasteiger partial charge in [0.2, 0.25) is 0 Å². The van der Waals surface area contributed by atoms with Gasteiger partial charge in [-0.15, -0.1) is 22.6 Å².